The van der Waals surface area contributed by atoms with Crippen LogP contribution >= 0.6 is 46.0 Å². The molecule has 1 fully saturated rings. The molecule has 0 amide bonds. The molecule has 1 aliphatic heterocycles. The Morgan fingerprint density at radius 2 is 2.20 bits per heavy atom. The summed E-state index contributed by atoms with van der Waals surface area (Å²) in [6.07, 6.45) is 0. The van der Waals surface area contributed by atoms with E-state index in [1.807, 2.05) is 36.0 Å². The first-order valence-corrected chi connectivity index (χ1v) is 9.21. The van der Waals surface area contributed by atoms with E-state index in [9.17, 15) is 0 Å². The van der Waals surface area contributed by atoms with Gasteiger partial charge in [0, 0.05) is 0 Å². The predicted molar refractivity (Wildman–Crippen MR) is 79.4 cm³/mol. The molecule has 1 aromatic carbocycles. The second kappa shape index (κ2) is 5.92. The van der Waals surface area contributed by atoms with E-state index in [1.165, 1.54) is 14.1 Å². The Kier molecular flexibility index (Phi) is 4.83. The van der Waals surface area contributed by atoms with Crippen molar-refractivity contribution in [1.82, 2.24) is 0 Å². The van der Waals surface area contributed by atoms with E-state index in [4.69, 9.17) is 11.6 Å². The molecule has 0 spiro atoms. The van der Waals surface area contributed by atoms with Gasteiger partial charge in [-0.1, -0.05) is 0 Å². The number of benzene rings is 1. The number of thioether (sulfide) groups is 1. The Hall–Kier alpha value is 0.779. The summed E-state index contributed by atoms with van der Waals surface area (Å²) < 4.78 is 2.58. The van der Waals surface area contributed by atoms with E-state index in [1.54, 1.807) is 0 Å². The van der Waals surface area contributed by atoms with Crippen molar-refractivity contribution in [1.29, 1.82) is 0 Å². The van der Waals surface area contributed by atoms with Gasteiger partial charge in [0.05, 0.1) is 0 Å². The zero-order valence-electron chi connectivity index (χ0n) is 7.82. The molecule has 0 bridgehead atoms. The molecule has 80 valence electrons. The maximum atomic E-state index is 5.82. The van der Waals surface area contributed by atoms with Gasteiger partial charge < -0.3 is 0 Å². The quantitative estimate of drug-likeness (QED) is 0.403. The molecule has 5 heteroatoms. The van der Waals surface area contributed by atoms with Gasteiger partial charge in [-0.05, 0) is 0 Å². The average Bonchev–Trinajstić information content (AvgIpc) is 2.69. The van der Waals surface area contributed by atoms with Gasteiger partial charge in [0.1, 0.15) is 0 Å². The standard InChI is InChI=1S/C10H9ClINSSe/c11-7-1-3-8(4-2-7)13-10-14-6-9(5-12)15-10/h1-4,9H,5-6H2. The van der Waals surface area contributed by atoms with Crippen molar-refractivity contribution in [3.8, 4) is 0 Å². The molecule has 0 radical (unpaired) electrons. The molecular weight excluding hydrogens is 408 g/mol. The Balaban J connectivity index is 2.07. The van der Waals surface area contributed by atoms with Crippen LogP contribution in [0.1, 0.15) is 0 Å². The Labute approximate surface area is 119 Å². The average molecular weight is 417 g/mol. The summed E-state index contributed by atoms with van der Waals surface area (Å²) in [5.41, 5.74) is 1.03. The first-order chi connectivity index (χ1) is 7.28. The normalized spacial score (nSPS) is 23.6. The minimum atomic E-state index is 0.575. The van der Waals surface area contributed by atoms with E-state index in [0.29, 0.717) is 15.0 Å². The number of hydrogen-bond acceptors (Lipinski definition) is 2. The van der Waals surface area contributed by atoms with E-state index < -0.39 is 0 Å². The summed E-state index contributed by atoms with van der Waals surface area (Å²) in [7, 11) is 0. The van der Waals surface area contributed by atoms with Crippen LogP contribution in [0.3, 0.4) is 0 Å². The first-order valence-electron chi connectivity index (χ1n) is 4.47. The number of nitrogens with zero attached hydrogens (tertiary/aromatic N) is 1. The Morgan fingerprint density at radius 1 is 1.47 bits per heavy atom. The van der Waals surface area contributed by atoms with Crippen LogP contribution in [0.5, 0.6) is 0 Å². The van der Waals surface area contributed by atoms with Crippen molar-refractivity contribution < 1.29 is 0 Å². The summed E-state index contributed by atoms with van der Waals surface area (Å²) in [5.74, 6) is 1.25. The van der Waals surface area contributed by atoms with Crippen LogP contribution in [-0.4, -0.2) is 29.1 Å². The zero-order chi connectivity index (χ0) is 10.7. The molecule has 2 rings (SSSR count). The predicted octanol–water partition coefficient (Wildman–Crippen LogP) is 4.00. The minimum absolute atomic E-state index is 0.575. The molecule has 1 aromatic rings. The fraction of sp³-hybridized carbons (Fsp3) is 0.300. The van der Waals surface area contributed by atoms with Crippen molar-refractivity contribution in [2.24, 2.45) is 4.99 Å². The topological polar surface area (TPSA) is 12.4 Å². The molecule has 15 heavy (non-hydrogen) atoms. The van der Waals surface area contributed by atoms with Crippen molar-refractivity contribution in [3.05, 3.63) is 29.3 Å². The van der Waals surface area contributed by atoms with Gasteiger partial charge in [0.25, 0.3) is 0 Å². The van der Waals surface area contributed by atoms with E-state index >= 15 is 0 Å². The molecular formula is C10H9ClINSSe. The molecule has 0 saturated carbocycles. The van der Waals surface area contributed by atoms with E-state index in [2.05, 4.69) is 27.6 Å². The summed E-state index contributed by atoms with van der Waals surface area (Å²) >= 11 is 10.8. The first kappa shape index (κ1) is 12.2. The zero-order valence-corrected chi connectivity index (χ0v) is 13.3. The fourth-order valence-electron chi connectivity index (χ4n) is 1.13. The van der Waals surface area contributed by atoms with Gasteiger partial charge in [-0.25, -0.2) is 0 Å². The van der Waals surface area contributed by atoms with Crippen LogP contribution < -0.4 is 0 Å². The SMILES string of the molecule is Clc1ccc(N=C2SCC(CI)[Se]2)cc1. The van der Waals surface area contributed by atoms with Crippen molar-refractivity contribution in [3.63, 3.8) is 0 Å². The van der Waals surface area contributed by atoms with E-state index in [0.717, 1.165) is 15.5 Å². The van der Waals surface area contributed by atoms with Gasteiger partial charge in [-0.3, -0.25) is 0 Å². The van der Waals surface area contributed by atoms with Crippen LogP contribution in [0, 0.1) is 0 Å². The fourth-order valence-corrected chi connectivity index (χ4v) is 7.16. The number of alkyl halides is 1. The van der Waals surface area contributed by atoms with E-state index in [-0.39, 0.29) is 0 Å². The summed E-state index contributed by atoms with van der Waals surface area (Å²) in [4.78, 5) is 5.51. The Morgan fingerprint density at radius 3 is 2.80 bits per heavy atom. The molecule has 1 heterocycles. The number of hydrogen-bond donors (Lipinski definition) is 0. The second-order valence-electron chi connectivity index (χ2n) is 3.06. The molecule has 1 aliphatic rings. The maximum absolute atomic E-state index is 5.82. The monoisotopic (exact) mass is 417 g/mol. The molecule has 0 aliphatic carbocycles. The summed E-state index contributed by atoms with van der Waals surface area (Å²) in [5, 5.41) is 0.772. The molecule has 1 atom stereocenters. The second-order valence-corrected chi connectivity index (χ2v) is 8.67. The summed E-state index contributed by atoms with van der Waals surface area (Å²) in [6, 6.07) is 7.74. The van der Waals surface area contributed by atoms with Crippen LogP contribution in [0.25, 0.3) is 0 Å². The molecule has 1 nitrogen and oxygen atoms in total. The number of aliphatic imine (C=N–C) groups is 1. The summed E-state index contributed by atoms with van der Waals surface area (Å²) in [6.45, 7) is 0. The van der Waals surface area contributed by atoms with Gasteiger partial charge in [0.15, 0.2) is 0 Å². The van der Waals surface area contributed by atoms with Crippen LogP contribution in [0.2, 0.25) is 9.84 Å². The third-order valence-corrected chi connectivity index (χ3v) is 9.18. The molecule has 1 unspecified atom stereocenters. The van der Waals surface area contributed by atoms with Crippen molar-refractivity contribution in [2.75, 3.05) is 10.2 Å². The molecule has 1 saturated heterocycles. The van der Waals surface area contributed by atoms with Crippen LogP contribution in [-0.2, 0) is 0 Å². The third-order valence-electron chi connectivity index (χ3n) is 1.88. The Bertz CT molecular complexity index is 368. The van der Waals surface area contributed by atoms with Crippen molar-refractivity contribution >= 4 is 70.5 Å². The van der Waals surface area contributed by atoms with Crippen molar-refractivity contribution in [2.45, 2.75) is 4.82 Å². The third kappa shape index (κ3) is 3.63. The van der Waals surface area contributed by atoms with Gasteiger partial charge in [0.2, 0.25) is 0 Å². The van der Waals surface area contributed by atoms with Gasteiger partial charge >= 0.3 is 120 Å². The van der Waals surface area contributed by atoms with Crippen LogP contribution in [0.4, 0.5) is 5.69 Å². The van der Waals surface area contributed by atoms with Gasteiger partial charge in [-0.2, -0.15) is 0 Å². The number of halogens is 2. The van der Waals surface area contributed by atoms with Crippen LogP contribution in [0.15, 0.2) is 29.3 Å². The number of rotatable bonds is 2. The molecule has 0 N–H and O–H groups in total. The van der Waals surface area contributed by atoms with Gasteiger partial charge in [-0.15, -0.1) is 0 Å². The molecule has 0 aromatic heterocycles.